The average molecular weight is 298 g/mol. The van der Waals surface area contributed by atoms with E-state index in [9.17, 15) is 4.79 Å². The van der Waals surface area contributed by atoms with Gasteiger partial charge in [0.25, 0.3) is 5.19 Å². The largest absolute Gasteiger partial charge is 0.477 e. The molecule has 0 amide bonds. The normalized spacial score (nSPS) is 10.7. The molecule has 1 aromatic carbocycles. The number of halogens is 1. The topological polar surface area (TPSA) is 59.4 Å². The molecule has 19 heavy (non-hydrogen) atoms. The molecular weight excluding hydrogens is 286 g/mol. The van der Waals surface area contributed by atoms with Crippen molar-refractivity contribution in [2.75, 3.05) is 0 Å². The number of carboxylic acid groups (broad SMARTS) is 1. The predicted octanol–water partition coefficient (Wildman–Crippen LogP) is 4.41. The number of hydrogen-bond donors (Lipinski definition) is 1. The molecule has 0 aliphatic heterocycles. The zero-order chi connectivity index (χ0) is 14.0. The number of ether oxygens (including phenoxy) is 1. The third-order valence-electron chi connectivity index (χ3n) is 2.51. The summed E-state index contributed by atoms with van der Waals surface area (Å²) in [6.45, 7) is 4.21. The van der Waals surface area contributed by atoms with Gasteiger partial charge in [0.05, 0.1) is 0 Å². The van der Waals surface area contributed by atoms with Crippen LogP contribution >= 0.6 is 22.9 Å². The number of aromatic carboxylic acids is 1. The molecule has 0 spiro atoms. The van der Waals surface area contributed by atoms with Crippen molar-refractivity contribution in [2.45, 2.75) is 19.8 Å². The van der Waals surface area contributed by atoms with Crippen LogP contribution in [0.2, 0.25) is 5.15 Å². The van der Waals surface area contributed by atoms with Crippen LogP contribution in [0.4, 0.5) is 0 Å². The second kappa shape index (κ2) is 5.59. The van der Waals surface area contributed by atoms with Gasteiger partial charge in [0.2, 0.25) is 0 Å². The van der Waals surface area contributed by atoms with Crippen molar-refractivity contribution in [3.63, 3.8) is 0 Å². The van der Waals surface area contributed by atoms with E-state index in [0.29, 0.717) is 11.7 Å². The molecule has 1 aromatic heterocycles. The van der Waals surface area contributed by atoms with Crippen LogP contribution in [-0.2, 0) is 0 Å². The summed E-state index contributed by atoms with van der Waals surface area (Å²) in [5, 5.41) is 9.05. The van der Waals surface area contributed by atoms with Crippen LogP contribution in [0.15, 0.2) is 24.3 Å². The molecule has 4 nitrogen and oxygen atoms in total. The summed E-state index contributed by atoms with van der Waals surface area (Å²) in [7, 11) is 0. The molecule has 6 heteroatoms. The first kappa shape index (κ1) is 13.8. The van der Waals surface area contributed by atoms with E-state index in [2.05, 4.69) is 18.8 Å². The molecule has 100 valence electrons. The van der Waals surface area contributed by atoms with Crippen LogP contribution in [-0.4, -0.2) is 16.1 Å². The maximum Gasteiger partial charge on any atom is 0.349 e. The fourth-order valence-electron chi connectivity index (χ4n) is 1.48. The first-order valence-corrected chi connectivity index (χ1v) is 6.84. The summed E-state index contributed by atoms with van der Waals surface area (Å²) in [4.78, 5) is 14.7. The SMILES string of the molecule is CC(C)c1ccc(Oc2nc(Cl)c(C(=O)O)s2)cc1. The Labute approximate surface area is 119 Å². The lowest BCUT2D eigenvalue weighted by Gasteiger charge is -2.06. The minimum Gasteiger partial charge on any atom is -0.477 e. The first-order chi connectivity index (χ1) is 8.97. The average Bonchev–Trinajstić information content (AvgIpc) is 2.71. The summed E-state index contributed by atoms with van der Waals surface area (Å²) in [5.74, 6) is -0.0544. The van der Waals surface area contributed by atoms with Gasteiger partial charge in [-0.3, -0.25) is 0 Å². The highest BCUT2D eigenvalue weighted by atomic mass is 35.5. The molecule has 0 atom stereocenters. The van der Waals surface area contributed by atoms with Crippen LogP contribution < -0.4 is 4.74 Å². The molecule has 0 aliphatic carbocycles. The number of hydrogen-bond acceptors (Lipinski definition) is 4. The molecule has 1 N–H and O–H groups in total. The van der Waals surface area contributed by atoms with Gasteiger partial charge < -0.3 is 9.84 Å². The smallest absolute Gasteiger partial charge is 0.349 e. The quantitative estimate of drug-likeness (QED) is 0.908. The zero-order valence-corrected chi connectivity index (χ0v) is 12.0. The van der Waals surface area contributed by atoms with Crippen LogP contribution in [0.5, 0.6) is 10.9 Å². The minimum absolute atomic E-state index is 0.0181. The molecular formula is C13H12ClNO3S. The molecule has 0 fully saturated rings. The number of carboxylic acids is 1. The molecule has 0 unspecified atom stereocenters. The van der Waals surface area contributed by atoms with Gasteiger partial charge in [-0.05, 0) is 23.6 Å². The maximum atomic E-state index is 10.8. The Morgan fingerprint density at radius 1 is 1.37 bits per heavy atom. The van der Waals surface area contributed by atoms with Gasteiger partial charge in [-0.1, -0.05) is 48.9 Å². The van der Waals surface area contributed by atoms with Gasteiger partial charge in [0.1, 0.15) is 5.75 Å². The lowest BCUT2D eigenvalue weighted by Crippen LogP contribution is -1.91. The van der Waals surface area contributed by atoms with Crippen molar-refractivity contribution in [2.24, 2.45) is 0 Å². The molecule has 1 heterocycles. The summed E-state index contributed by atoms with van der Waals surface area (Å²) < 4.78 is 5.48. The fraction of sp³-hybridized carbons (Fsp3) is 0.231. The van der Waals surface area contributed by atoms with E-state index in [0.717, 1.165) is 11.3 Å². The van der Waals surface area contributed by atoms with Crippen molar-refractivity contribution in [1.29, 1.82) is 0 Å². The Morgan fingerprint density at radius 2 is 2.00 bits per heavy atom. The highest BCUT2D eigenvalue weighted by Gasteiger charge is 2.16. The first-order valence-electron chi connectivity index (χ1n) is 5.65. The van der Waals surface area contributed by atoms with Crippen molar-refractivity contribution in [1.82, 2.24) is 4.98 Å². The molecule has 2 aromatic rings. The highest BCUT2D eigenvalue weighted by molar-refractivity contribution is 7.15. The molecule has 0 aliphatic rings. The van der Waals surface area contributed by atoms with Crippen molar-refractivity contribution >= 4 is 28.9 Å². The van der Waals surface area contributed by atoms with E-state index in [1.54, 1.807) is 0 Å². The van der Waals surface area contributed by atoms with E-state index in [1.165, 1.54) is 5.56 Å². The lowest BCUT2D eigenvalue weighted by atomic mass is 10.0. The van der Waals surface area contributed by atoms with Gasteiger partial charge in [0, 0.05) is 0 Å². The lowest BCUT2D eigenvalue weighted by molar-refractivity contribution is 0.0702. The summed E-state index contributed by atoms with van der Waals surface area (Å²) in [6, 6.07) is 7.58. The van der Waals surface area contributed by atoms with E-state index in [-0.39, 0.29) is 15.2 Å². The minimum atomic E-state index is -1.10. The number of nitrogens with zero attached hydrogens (tertiary/aromatic N) is 1. The van der Waals surface area contributed by atoms with Gasteiger partial charge >= 0.3 is 5.97 Å². The molecule has 0 saturated carbocycles. The second-order valence-corrected chi connectivity index (χ2v) is 5.55. The summed E-state index contributed by atoms with van der Waals surface area (Å²) >= 11 is 6.62. The highest BCUT2D eigenvalue weighted by Crippen LogP contribution is 2.32. The van der Waals surface area contributed by atoms with E-state index >= 15 is 0 Å². The zero-order valence-electron chi connectivity index (χ0n) is 10.4. The Kier molecular flexibility index (Phi) is 4.07. The van der Waals surface area contributed by atoms with E-state index < -0.39 is 5.97 Å². The fourth-order valence-corrected chi connectivity index (χ4v) is 2.47. The predicted molar refractivity (Wildman–Crippen MR) is 74.7 cm³/mol. The van der Waals surface area contributed by atoms with Crippen LogP contribution in [0.3, 0.4) is 0 Å². The van der Waals surface area contributed by atoms with Crippen molar-refractivity contribution < 1.29 is 14.6 Å². The Bertz CT molecular complexity index is 592. The Morgan fingerprint density at radius 3 is 2.47 bits per heavy atom. The number of thiazole rings is 1. The van der Waals surface area contributed by atoms with Crippen LogP contribution in [0.1, 0.15) is 35.0 Å². The van der Waals surface area contributed by atoms with Gasteiger partial charge in [-0.2, -0.15) is 4.98 Å². The van der Waals surface area contributed by atoms with Gasteiger partial charge in [-0.25, -0.2) is 4.79 Å². The van der Waals surface area contributed by atoms with Crippen LogP contribution in [0.25, 0.3) is 0 Å². The van der Waals surface area contributed by atoms with E-state index in [4.69, 9.17) is 21.4 Å². The molecule has 0 bridgehead atoms. The number of aromatic nitrogens is 1. The van der Waals surface area contributed by atoms with Crippen molar-refractivity contribution in [3.8, 4) is 10.9 Å². The standard InChI is InChI=1S/C13H12ClNO3S/c1-7(2)8-3-5-9(6-4-8)18-13-15-11(14)10(19-13)12(16)17/h3-7H,1-2H3,(H,16,17). The third kappa shape index (κ3) is 3.24. The van der Waals surface area contributed by atoms with E-state index in [1.807, 2.05) is 24.3 Å². The maximum absolute atomic E-state index is 10.8. The summed E-state index contributed by atoms with van der Waals surface area (Å²) in [6.07, 6.45) is 0. The summed E-state index contributed by atoms with van der Waals surface area (Å²) in [5.41, 5.74) is 1.20. The molecule has 2 rings (SSSR count). The molecule has 0 radical (unpaired) electrons. The monoisotopic (exact) mass is 297 g/mol. The van der Waals surface area contributed by atoms with Crippen molar-refractivity contribution in [3.05, 3.63) is 39.9 Å². The van der Waals surface area contributed by atoms with Crippen LogP contribution in [0, 0.1) is 0 Å². The molecule has 0 saturated heterocycles. The second-order valence-electron chi connectivity index (χ2n) is 4.23. The third-order valence-corrected chi connectivity index (χ3v) is 3.82. The number of rotatable bonds is 4. The van der Waals surface area contributed by atoms with Gasteiger partial charge in [0.15, 0.2) is 10.0 Å². The Balaban J connectivity index is 2.17. The van der Waals surface area contributed by atoms with Gasteiger partial charge in [-0.15, -0.1) is 0 Å². The number of carbonyl (C=O) groups is 1. The number of benzene rings is 1. The Hall–Kier alpha value is -1.59.